The highest BCUT2D eigenvalue weighted by molar-refractivity contribution is 14.0. The fraction of sp³-hybridized carbons (Fsp3) is 0.435. The second-order valence-electron chi connectivity index (χ2n) is 6.53. The van der Waals surface area contributed by atoms with Crippen LogP contribution in [0, 0.1) is 0 Å². The number of hydrogen-bond acceptors (Lipinski definition) is 5. The van der Waals surface area contributed by atoms with Crippen LogP contribution in [0.25, 0.3) is 0 Å². The second kappa shape index (κ2) is 15.6. The number of aliphatic imine (C=N–C) groups is 1. The van der Waals surface area contributed by atoms with Gasteiger partial charge in [-0.3, -0.25) is 0 Å². The molecule has 0 bridgehead atoms. The van der Waals surface area contributed by atoms with Crippen LogP contribution in [0.5, 0.6) is 17.2 Å². The Morgan fingerprint density at radius 1 is 0.871 bits per heavy atom. The number of benzene rings is 2. The van der Waals surface area contributed by atoms with E-state index in [1.54, 1.807) is 21.3 Å². The highest BCUT2D eigenvalue weighted by atomic mass is 127. The maximum Gasteiger partial charge on any atom is 0.191 e. The molecule has 0 aliphatic heterocycles. The van der Waals surface area contributed by atoms with Crippen LogP contribution < -0.4 is 24.8 Å². The van der Waals surface area contributed by atoms with E-state index in [-0.39, 0.29) is 24.0 Å². The van der Waals surface area contributed by atoms with Gasteiger partial charge in [-0.2, -0.15) is 0 Å². The lowest BCUT2D eigenvalue weighted by Crippen LogP contribution is -2.37. The van der Waals surface area contributed by atoms with Crippen molar-refractivity contribution in [2.75, 3.05) is 41.1 Å². The van der Waals surface area contributed by atoms with Gasteiger partial charge >= 0.3 is 0 Å². The molecule has 0 saturated carbocycles. The molecular formula is C23H34IN3O4. The van der Waals surface area contributed by atoms with E-state index in [4.69, 9.17) is 23.9 Å². The summed E-state index contributed by atoms with van der Waals surface area (Å²) in [6.45, 7) is 5.41. The molecule has 0 atom stereocenters. The van der Waals surface area contributed by atoms with Crippen molar-refractivity contribution >= 4 is 29.9 Å². The molecular weight excluding hydrogens is 509 g/mol. The number of nitrogens with zero attached hydrogens (tertiary/aromatic N) is 1. The van der Waals surface area contributed by atoms with E-state index in [1.165, 1.54) is 0 Å². The third kappa shape index (κ3) is 9.65. The summed E-state index contributed by atoms with van der Waals surface area (Å²) >= 11 is 0. The van der Waals surface area contributed by atoms with Gasteiger partial charge in [0.15, 0.2) is 17.5 Å². The Bertz CT molecular complexity index is 785. The Morgan fingerprint density at radius 2 is 1.58 bits per heavy atom. The van der Waals surface area contributed by atoms with E-state index in [0.717, 1.165) is 49.0 Å². The summed E-state index contributed by atoms with van der Waals surface area (Å²) in [4.78, 5) is 4.72. The Labute approximate surface area is 202 Å². The predicted molar refractivity (Wildman–Crippen MR) is 135 cm³/mol. The Morgan fingerprint density at radius 3 is 2.23 bits per heavy atom. The van der Waals surface area contributed by atoms with Crippen LogP contribution in [0.3, 0.4) is 0 Å². The molecule has 8 heteroatoms. The first kappa shape index (κ1) is 26.8. The van der Waals surface area contributed by atoms with Gasteiger partial charge in [0.05, 0.1) is 27.9 Å². The molecule has 0 spiro atoms. The Balaban J connectivity index is 0.00000480. The van der Waals surface area contributed by atoms with E-state index in [9.17, 15) is 0 Å². The summed E-state index contributed by atoms with van der Waals surface area (Å²) in [7, 11) is 4.92. The summed E-state index contributed by atoms with van der Waals surface area (Å²) in [6, 6.07) is 13.8. The predicted octanol–water partition coefficient (Wildman–Crippen LogP) is 3.99. The minimum absolute atomic E-state index is 0. The van der Waals surface area contributed by atoms with E-state index < -0.39 is 0 Å². The quantitative estimate of drug-likeness (QED) is 0.183. The number of halogens is 1. The van der Waals surface area contributed by atoms with Gasteiger partial charge in [-0.1, -0.05) is 18.2 Å². The van der Waals surface area contributed by atoms with Crippen LogP contribution in [-0.2, 0) is 17.8 Å². The molecule has 7 nitrogen and oxygen atoms in total. The number of methoxy groups -OCH3 is 3. The fourth-order valence-electron chi connectivity index (χ4n) is 2.78. The first-order valence-electron chi connectivity index (χ1n) is 10.1. The maximum absolute atomic E-state index is 5.41. The zero-order valence-corrected chi connectivity index (χ0v) is 21.1. The van der Waals surface area contributed by atoms with Gasteiger partial charge in [0.25, 0.3) is 0 Å². The van der Waals surface area contributed by atoms with E-state index in [1.807, 2.05) is 49.4 Å². The standard InChI is InChI=1S/C23H33N3O4.HI/c1-5-30-14-6-13-24-23(25-16-18-7-10-20(27-2)11-8-18)26-17-19-9-12-21(28-3)22(15-19)29-4;/h7-12,15H,5-6,13-14,16-17H2,1-4H3,(H2,24,25,26);1H. The van der Waals surface area contributed by atoms with E-state index in [2.05, 4.69) is 10.6 Å². The van der Waals surface area contributed by atoms with Crippen molar-refractivity contribution in [2.45, 2.75) is 26.4 Å². The molecule has 0 heterocycles. The molecule has 0 radical (unpaired) electrons. The normalized spacial score (nSPS) is 10.8. The summed E-state index contributed by atoms with van der Waals surface area (Å²) in [5.41, 5.74) is 2.18. The van der Waals surface area contributed by atoms with E-state index in [0.29, 0.717) is 24.6 Å². The molecule has 0 aliphatic carbocycles. The van der Waals surface area contributed by atoms with Crippen LogP contribution in [-0.4, -0.2) is 47.0 Å². The van der Waals surface area contributed by atoms with Gasteiger partial charge in [-0.05, 0) is 48.7 Å². The lowest BCUT2D eigenvalue weighted by molar-refractivity contribution is 0.145. The zero-order chi connectivity index (χ0) is 21.6. The van der Waals surface area contributed by atoms with Crippen LogP contribution in [0.1, 0.15) is 24.5 Å². The molecule has 0 saturated heterocycles. The monoisotopic (exact) mass is 543 g/mol. The zero-order valence-electron chi connectivity index (χ0n) is 18.8. The molecule has 0 aliphatic rings. The maximum atomic E-state index is 5.41. The van der Waals surface area contributed by atoms with Gasteiger partial charge < -0.3 is 29.6 Å². The molecule has 0 amide bonds. The summed E-state index contributed by atoms with van der Waals surface area (Å²) in [6.07, 6.45) is 0.910. The highest BCUT2D eigenvalue weighted by Gasteiger charge is 2.05. The smallest absolute Gasteiger partial charge is 0.191 e. The van der Waals surface area contributed by atoms with Gasteiger partial charge in [0.1, 0.15) is 5.75 Å². The second-order valence-corrected chi connectivity index (χ2v) is 6.53. The minimum atomic E-state index is 0. The van der Waals surface area contributed by atoms with Gasteiger partial charge in [-0.15, -0.1) is 24.0 Å². The number of ether oxygens (including phenoxy) is 4. The van der Waals surface area contributed by atoms with Crippen LogP contribution in [0.2, 0.25) is 0 Å². The first-order chi connectivity index (χ1) is 14.7. The van der Waals surface area contributed by atoms with Crippen molar-refractivity contribution in [3.05, 3.63) is 53.6 Å². The average molecular weight is 543 g/mol. The third-order valence-corrected chi connectivity index (χ3v) is 4.45. The van der Waals surface area contributed by atoms with Crippen LogP contribution in [0.4, 0.5) is 0 Å². The minimum Gasteiger partial charge on any atom is -0.497 e. The Kier molecular flexibility index (Phi) is 13.5. The molecule has 0 fully saturated rings. The van der Waals surface area contributed by atoms with Crippen molar-refractivity contribution in [1.82, 2.24) is 10.6 Å². The van der Waals surface area contributed by atoms with Crippen molar-refractivity contribution in [3.8, 4) is 17.2 Å². The summed E-state index contributed by atoms with van der Waals surface area (Å²) in [5, 5.41) is 6.76. The van der Waals surface area contributed by atoms with E-state index >= 15 is 0 Å². The largest absolute Gasteiger partial charge is 0.497 e. The molecule has 0 unspecified atom stereocenters. The number of nitrogens with one attached hydrogen (secondary N) is 2. The molecule has 2 N–H and O–H groups in total. The lowest BCUT2D eigenvalue weighted by Gasteiger charge is -2.14. The molecule has 0 aromatic heterocycles. The Hall–Kier alpha value is -2.20. The SMILES string of the molecule is CCOCCCNC(=NCc1ccc(OC)c(OC)c1)NCc1ccc(OC)cc1.I. The molecule has 2 rings (SSSR count). The molecule has 2 aromatic carbocycles. The number of guanidine groups is 1. The first-order valence-corrected chi connectivity index (χ1v) is 10.1. The molecule has 172 valence electrons. The summed E-state index contributed by atoms with van der Waals surface area (Å²) in [5.74, 6) is 2.99. The summed E-state index contributed by atoms with van der Waals surface area (Å²) < 4.78 is 21.3. The third-order valence-electron chi connectivity index (χ3n) is 4.45. The van der Waals surface area contributed by atoms with Crippen LogP contribution >= 0.6 is 24.0 Å². The van der Waals surface area contributed by atoms with Gasteiger partial charge in [0.2, 0.25) is 0 Å². The van der Waals surface area contributed by atoms with Crippen molar-refractivity contribution in [2.24, 2.45) is 4.99 Å². The van der Waals surface area contributed by atoms with Crippen molar-refractivity contribution < 1.29 is 18.9 Å². The number of hydrogen-bond donors (Lipinski definition) is 2. The van der Waals surface area contributed by atoms with Crippen molar-refractivity contribution in [3.63, 3.8) is 0 Å². The number of rotatable bonds is 12. The average Bonchev–Trinajstić information content (AvgIpc) is 2.80. The van der Waals surface area contributed by atoms with Gasteiger partial charge in [0, 0.05) is 26.3 Å². The lowest BCUT2D eigenvalue weighted by atomic mass is 10.2. The molecule has 31 heavy (non-hydrogen) atoms. The molecule has 2 aromatic rings. The van der Waals surface area contributed by atoms with Gasteiger partial charge in [-0.25, -0.2) is 4.99 Å². The van der Waals surface area contributed by atoms with Crippen molar-refractivity contribution in [1.29, 1.82) is 0 Å². The fourth-order valence-corrected chi connectivity index (χ4v) is 2.78. The highest BCUT2D eigenvalue weighted by Crippen LogP contribution is 2.27. The topological polar surface area (TPSA) is 73.3 Å². The van der Waals surface area contributed by atoms with Crippen LogP contribution in [0.15, 0.2) is 47.5 Å².